The van der Waals surface area contributed by atoms with Crippen LogP contribution in [-0.2, 0) is 0 Å². The molecule has 2 rings (SSSR count). The van der Waals surface area contributed by atoms with Gasteiger partial charge in [-0.2, -0.15) is 0 Å². The number of aromatic nitrogens is 1. The monoisotopic (exact) mass is 275 g/mol. The molecule has 5 heteroatoms. The molecular weight excluding hydrogens is 260 g/mol. The van der Waals surface area contributed by atoms with E-state index in [4.69, 9.17) is 0 Å². The van der Waals surface area contributed by atoms with E-state index in [1.807, 2.05) is 24.3 Å². The van der Waals surface area contributed by atoms with Crippen LogP contribution in [0.25, 0.3) is 0 Å². The van der Waals surface area contributed by atoms with Crippen molar-refractivity contribution in [1.29, 1.82) is 0 Å². The molecule has 0 aliphatic heterocycles. The van der Waals surface area contributed by atoms with Crippen molar-refractivity contribution in [2.45, 2.75) is 26.7 Å². The van der Waals surface area contributed by atoms with Crippen molar-refractivity contribution in [3.8, 4) is 0 Å². The van der Waals surface area contributed by atoms with Crippen molar-refractivity contribution < 1.29 is 9.90 Å². The Kier molecular flexibility index (Phi) is 3.85. The fraction of sp³-hybridized carbons (Fsp3) is 0.286. The Morgan fingerprint density at radius 1 is 1.37 bits per heavy atom. The van der Waals surface area contributed by atoms with Gasteiger partial charge < -0.3 is 15.2 Å². The molecule has 0 atom stereocenters. The van der Waals surface area contributed by atoms with E-state index in [0.29, 0.717) is 16.7 Å². The smallest absolute Gasteiger partial charge is 0.188 e. The van der Waals surface area contributed by atoms with Crippen LogP contribution in [0.15, 0.2) is 24.3 Å². The number of hydrogen-bond donors (Lipinski definition) is 1. The zero-order valence-corrected chi connectivity index (χ0v) is 11.9. The first-order chi connectivity index (χ1) is 8.99. The van der Waals surface area contributed by atoms with Crippen molar-refractivity contribution >= 4 is 28.1 Å². The van der Waals surface area contributed by atoms with Gasteiger partial charge in [-0.15, -0.1) is 0 Å². The molecule has 0 aliphatic carbocycles. The summed E-state index contributed by atoms with van der Waals surface area (Å²) in [6, 6.07) is 7.94. The lowest BCUT2D eigenvalue weighted by atomic mass is 10.0. The van der Waals surface area contributed by atoms with Crippen LogP contribution in [-0.4, -0.2) is 11.0 Å². The Hall–Kier alpha value is -1.88. The zero-order chi connectivity index (χ0) is 14.0. The molecule has 4 nitrogen and oxygen atoms in total. The topological polar surface area (TPSA) is 65.0 Å². The summed E-state index contributed by atoms with van der Waals surface area (Å²) in [6.07, 6.45) is 0. The van der Waals surface area contributed by atoms with Gasteiger partial charge in [0, 0.05) is 5.69 Å². The van der Waals surface area contributed by atoms with E-state index >= 15 is 0 Å². The third-order valence-corrected chi connectivity index (χ3v) is 3.86. The number of nitrogens with one attached hydrogen (secondary N) is 1. The highest BCUT2D eigenvalue weighted by Gasteiger charge is 2.11. The molecule has 0 bridgehead atoms. The highest BCUT2D eigenvalue weighted by atomic mass is 32.1. The largest absolute Gasteiger partial charge is 0.544 e. The summed E-state index contributed by atoms with van der Waals surface area (Å²) in [7, 11) is 0. The number of rotatable bonds is 4. The number of thiazole rings is 1. The summed E-state index contributed by atoms with van der Waals surface area (Å²) in [4.78, 5) is 15.3. The highest BCUT2D eigenvalue weighted by Crippen LogP contribution is 2.30. The number of hydrogen-bond acceptors (Lipinski definition) is 5. The normalized spacial score (nSPS) is 10.7. The first-order valence-electron chi connectivity index (χ1n) is 6.03. The first-order valence-corrected chi connectivity index (χ1v) is 6.85. The average molecular weight is 275 g/mol. The quantitative estimate of drug-likeness (QED) is 0.931. The van der Waals surface area contributed by atoms with Crippen molar-refractivity contribution in [3.05, 3.63) is 40.4 Å². The molecule has 0 radical (unpaired) electrons. The summed E-state index contributed by atoms with van der Waals surface area (Å²) in [5, 5.41) is 14.7. The zero-order valence-electron chi connectivity index (χ0n) is 11.1. The van der Waals surface area contributed by atoms with Crippen LogP contribution in [0, 0.1) is 6.92 Å². The van der Waals surface area contributed by atoms with Gasteiger partial charge in [0.2, 0.25) is 0 Å². The molecule has 0 fully saturated rings. The molecule has 100 valence electrons. The third kappa shape index (κ3) is 2.93. The lowest BCUT2D eigenvalue weighted by molar-refractivity contribution is -0.254. The molecule has 0 saturated heterocycles. The number of para-hydroxylation sites is 1. The first kappa shape index (κ1) is 13.5. The van der Waals surface area contributed by atoms with Crippen molar-refractivity contribution in [2.75, 3.05) is 5.32 Å². The lowest BCUT2D eigenvalue weighted by Crippen LogP contribution is -2.21. The Labute approximate surface area is 116 Å². The second-order valence-corrected chi connectivity index (χ2v) is 5.59. The van der Waals surface area contributed by atoms with Gasteiger partial charge in [0.1, 0.15) is 0 Å². The molecule has 1 N–H and O–H groups in total. The Bertz CT molecular complexity index is 605. The van der Waals surface area contributed by atoms with E-state index < -0.39 is 5.97 Å². The molecule has 0 unspecified atom stereocenters. The SMILES string of the molecule is Cc1nc(Nc2ccccc2C(C)C)sc1C(=O)[O-]. The number of carbonyl (C=O) groups excluding carboxylic acids is 1. The van der Waals surface area contributed by atoms with E-state index in [9.17, 15) is 9.90 Å². The van der Waals surface area contributed by atoms with Crippen molar-refractivity contribution in [1.82, 2.24) is 4.98 Å². The van der Waals surface area contributed by atoms with Gasteiger partial charge in [0.05, 0.1) is 16.5 Å². The van der Waals surface area contributed by atoms with E-state index in [1.54, 1.807) is 6.92 Å². The summed E-state index contributed by atoms with van der Waals surface area (Å²) >= 11 is 1.10. The highest BCUT2D eigenvalue weighted by molar-refractivity contribution is 7.17. The Morgan fingerprint density at radius 2 is 2.05 bits per heavy atom. The van der Waals surface area contributed by atoms with Crippen LogP contribution in [0.3, 0.4) is 0 Å². The molecular formula is C14H15N2O2S-. The van der Waals surface area contributed by atoms with Gasteiger partial charge in [-0.25, -0.2) is 4.98 Å². The number of benzene rings is 1. The molecule has 1 heterocycles. The predicted molar refractivity (Wildman–Crippen MR) is 75.0 cm³/mol. The van der Waals surface area contributed by atoms with Crippen molar-refractivity contribution in [2.24, 2.45) is 0 Å². The van der Waals surface area contributed by atoms with E-state index in [2.05, 4.69) is 24.1 Å². The van der Waals surface area contributed by atoms with E-state index in [0.717, 1.165) is 17.0 Å². The van der Waals surface area contributed by atoms with Crippen LogP contribution in [0.2, 0.25) is 0 Å². The Balaban J connectivity index is 2.31. The number of aromatic carboxylic acids is 1. The summed E-state index contributed by atoms with van der Waals surface area (Å²) in [5.41, 5.74) is 2.61. The summed E-state index contributed by atoms with van der Waals surface area (Å²) < 4.78 is 0. The van der Waals surface area contributed by atoms with Gasteiger partial charge >= 0.3 is 0 Å². The maximum atomic E-state index is 10.9. The van der Waals surface area contributed by atoms with Crippen molar-refractivity contribution in [3.63, 3.8) is 0 Å². The number of nitrogens with zero attached hydrogens (tertiary/aromatic N) is 1. The number of carboxylic acids is 1. The van der Waals surface area contributed by atoms with E-state index in [1.165, 1.54) is 5.56 Å². The second-order valence-electron chi connectivity index (χ2n) is 4.59. The number of aryl methyl sites for hydroxylation is 1. The third-order valence-electron chi connectivity index (χ3n) is 2.81. The minimum absolute atomic E-state index is 0.171. The van der Waals surface area contributed by atoms with Crippen LogP contribution in [0.1, 0.15) is 40.7 Å². The summed E-state index contributed by atoms with van der Waals surface area (Å²) in [6.45, 7) is 5.89. The van der Waals surface area contributed by atoms with Gasteiger partial charge in [-0.1, -0.05) is 43.4 Å². The van der Waals surface area contributed by atoms with Gasteiger partial charge in [-0.3, -0.25) is 0 Å². The maximum absolute atomic E-state index is 10.9. The fourth-order valence-corrected chi connectivity index (χ4v) is 2.68. The number of anilines is 2. The fourth-order valence-electron chi connectivity index (χ4n) is 1.87. The minimum Gasteiger partial charge on any atom is -0.544 e. The standard InChI is InChI=1S/C14H16N2O2S/c1-8(2)10-6-4-5-7-11(10)16-14-15-9(3)12(19-14)13(17)18/h4-8H,1-3H3,(H,15,16)(H,17,18)/p-1. The van der Waals surface area contributed by atoms with Gasteiger partial charge in [-0.05, 0) is 24.5 Å². The van der Waals surface area contributed by atoms with Crippen LogP contribution in [0.5, 0.6) is 0 Å². The Morgan fingerprint density at radius 3 is 2.63 bits per heavy atom. The molecule has 1 aromatic carbocycles. The molecule has 2 aromatic rings. The van der Waals surface area contributed by atoms with Gasteiger partial charge in [0.15, 0.2) is 5.13 Å². The number of carbonyl (C=O) groups is 1. The van der Waals surface area contributed by atoms with Crippen LogP contribution < -0.4 is 10.4 Å². The van der Waals surface area contributed by atoms with Crippen LogP contribution in [0.4, 0.5) is 10.8 Å². The minimum atomic E-state index is -1.18. The molecule has 0 aliphatic rings. The number of carboxylic acid groups (broad SMARTS) is 1. The van der Waals surface area contributed by atoms with Crippen LogP contribution >= 0.6 is 11.3 Å². The average Bonchev–Trinajstić information content (AvgIpc) is 2.71. The van der Waals surface area contributed by atoms with Gasteiger partial charge in [0.25, 0.3) is 0 Å². The molecule has 0 amide bonds. The molecule has 0 spiro atoms. The molecule has 0 saturated carbocycles. The molecule has 1 aromatic heterocycles. The predicted octanol–water partition coefficient (Wildman–Crippen LogP) is 2.68. The lowest BCUT2D eigenvalue weighted by Gasteiger charge is -2.12. The second kappa shape index (κ2) is 5.40. The molecule has 19 heavy (non-hydrogen) atoms. The summed E-state index contributed by atoms with van der Waals surface area (Å²) in [5.74, 6) is -0.800. The maximum Gasteiger partial charge on any atom is 0.188 e. The van der Waals surface area contributed by atoms with E-state index in [-0.39, 0.29) is 4.88 Å².